The standard InChI is InChI=1S/C11H11NO3/c1-7-5-8(3-4-10(7)15-2)9(6-12)11(13)14/h3-5,9H,1-2H3,(H,13,14). The number of nitrogens with zero attached hydrogens (tertiary/aromatic N) is 1. The molecule has 1 aromatic carbocycles. The third kappa shape index (κ3) is 2.26. The van der Waals surface area contributed by atoms with Crippen molar-refractivity contribution in [2.45, 2.75) is 12.8 Å². The van der Waals surface area contributed by atoms with Crippen molar-refractivity contribution < 1.29 is 14.6 Å². The van der Waals surface area contributed by atoms with Crippen LogP contribution in [0.2, 0.25) is 0 Å². The fourth-order valence-electron chi connectivity index (χ4n) is 1.35. The highest BCUT2D eigenvalue weighted by Crippen LogP contribution is 2.23. The molecule has 0 aliphatic heterocycles. The SMILES string of the molecule is COc1ccc(C(C#N)C(=O)O)cc1C. The molecule has 0 saturated carbocycles. The van der Waals surface area contributed by atoms with Gasteiger partial charge in [-0.25, -0.2) is 0 Å². The predicted molar refractivity (Wildman–Crippen MR) is 53.7 cm³/mol. The van der Waals surface area contributed by atoms with E-state index < -0.39 is 11.9 Å². The van der Waals surface area contributed by atoms with Crippen LogP contribution in [0.3, 0.4) is 0 Å². The van der Waals surface area contributed by atoms with Gasteiger partial charge < -0.3 is 9.84 Å². The van der Waals surface area contributed by atoms with Gasteiger partial charge >= 0.3 is 5.97 Å². The van der Waals surface area contributed by atoms with Crippen LogP contribution in [0.25, 0.3) is 0 Å². The minimum absolute atomic E-state index is 0.475. The van der Waals surface area contributed by atoms with Crippen LogP contribution in [0.5, 0.6) is 5.75 Å². The van der Waals surface area contributed by atoms with Crippen LogP contribution in [-0.4, -0.2) is 18.2 Å². The van der Waals surface area contributed by atoms with Crippen molar-refractivity contribution in [3.63, 3.8) is 0 Å². The largest absolute Gasteiger partial charge is 0.496 e. The summed E-state index contributed by atoms with van der Waals surface area (Å²) in [6.45, 7) is 1.80. The number of carboxylic acid groups (broad SMARTS) is 1. The van der Waals surface area contributed by atoms with E-state index in [4.69, 9.17) is 15.1 Å². The van der Waals surface area contributed by atoms with Gasteiger partial charge in [0.2, 0.25) is 0 Å². The second kappa shape index (κ2) is 4.47. The summed E-state index contributed by atoms with van der Waals surface area (Å²) in [5.74, 6) is -1.57. The molecule has 0 amide bonds. The average molecular weight is 205 g/mol. The minimum Gasteiger partial charge on any atom is -0.496 e. The third-order valence-electron chi connectivity index (χ3n) is 2.13. The van der Waals surface area contributed by atoms with Gasteiger partial charge in [0.1, 0.15) is 5.75 Å². The lowest BCUT2D eigenvalue weighted by atomic mass is 9.99. The zero-order chi connectivity index (χ0) is 11.4. The summed E-state index contributed by atoms with van der Waals surface area (Å²) >= 11 is 0. The van der Waals surface area contributed by atoms with Crippen LogP contribution in [0.15, 0.2) is 18.2 Å². The number of carboxylic acids is 1. The Kier molecular flexibility index (Phi) is 3.29. The molecule has 0 fully saturated rings. The maximum atomic E-state index is 10.7. The molecule has 78 valence electrons. The van der Waals surface area contributed by atoms with Crippen LogP contribution < -0.4 is 4.74 Å². The first-order chi connectivity index (χ1) is 7.10. The highest BCUT2D eigenvalue weighted by atomic mass is 16.5. The van der Waals surface area contributed by atoms with Crippen molar-refractivity contribution in [3.05, 3.63) is 29.3 Å². The van der Waals surface area contributed by atoms with Gasteiger partial charge in [0.15, 0.2) is 5.92 Å². The molecule has 1 atom stereocenters. The highest BCUT2D eigenvalue weighted by Gasteiger charge is 2.19. The second-order valence-electron chi connectivity index (χ2n) is 3.13. The number of nitriles is 1. The van der Waals surface area contributed by atoms with E-state index in [1.54, 1.807) is 38.3 Å². The quantitative estimate of drug-likeness (QED) is 0.815. The van der Waals surface area contributed by atoms with Gasteiger partial charge in [0, 0.05) is 0 Å². The zero-order valence-corrected chi connectivity index (χ0v) is 8.52. The summed E-state index contributed by atoms with van der Waals surface area (Å²) in [6, 6.07) is 6.65. The smallest absolute Gasteiger partial charge is 0.325 e. The van der Waals surface area contributed by atoms with Crippen molar-refractivity contribution in [3.8, 4) is 11.8 Å². The van der Waals surface area contributed by atoms with Crippen LogP contribution in [0, 0.1) is 18.3 Å². The van der Waals surface area contributed by atoms with E-state index in [1.165, 1.54) is 0 Å². The first kappa shape index (κ1) is 11.1. The summed E-state index contributed by atoms with van der Waals surface area (Å²) in [4.78, 5) is 10.7. The molecule has 4 nitrogen and oxygen atoms in total. The third-order valence-corrected chi connectivity index (χ3v) is 2.13. The molecule has 0 heterocycles. The number of carbonyl (C=O) groups is 1. The summed E-state index contributed by atoms with van der Waals surface area (Å²) in [5.41, 5.74) is 1.29. The lowest BCUT2D eigenvalue weighted by Gasteiger charge is -2.08. The number of rotatable bonds is 3. The van der Waals surface area contributed by atoms with Crippen molar-refractivity contribution in [2.24, 2.45) is 0 Å². The van der Waals surface area contributed by atoms with Crippen LogP contribution in [-0.2, 0) is 4.79 Å². The van der Waals surface area contributed by atoms with Crippen LogP contribution in [0.4, 0.5) is 0 Å². The molecule has 0 radical (unpaired) electrons. The summed E-state index contributed by atoms with van der Waals surface area (Å²) in [7, 11) is 1.54. The van der Waals surface area contributed by atoms with E-state index in [0.29, 0.717) is 11.3 Å². The lowest BCUT2D eigenvalue weighted by Crippen LogP contribution is -2.09. The molecule has 0 aliphatic carbocycles. The first-order valence-electron chi connectivity index (χ1n) is 4.37. The lowest BCUT2D eigenvalue weighted by molar-refractivity contribution is -0.137. The number of aryl methyl sites for hydroxylation is 1. The van der Waals surface area contributed by atoms with Crippen LogP contribution >= 0.6 is 0 Å². The second-order valence-corrected chi connectivity index (χ2v) is 3.13. The Morgan fingerprint density at radius 3 is 2.67 bits per heavy atom. The van der Waals surface area contributed by atoms with E-state index in [9.17, 15) is 4.79 Å². The van der Waals surface area contributed by atoms with Crippen molar-refractivity contribution in [2.75, 3.05) is 7.11 Å². The molecule has 15 heavy (non-hydrogen) atoms. The molecule has 0 spiro atoms. The zero-order valence-electron chi connectivity index (χ0n) is 8.52. The van der Waals surface area contributed by atoms with E-state index >= 15 is 0 Å². The fraction of sp³-hybridized carbons (Fsp3) is 0.273. The molecular formula is C11H11NO3. The number of methoxy groups -OCH3 is 1. The van der Waals surface area contributed by atoms with Gasteiger partial charge in [-0.15, -0.1) is 0 Å². The number of benzene rings is 1. The minimum atomic E-state index is -1.14. The number of aliphatic carboxylic acids is 1. The molecular weight excluding hydrogens is 194 g/mol. The predicted octanol–water partition coefficient (Wildman–Crippen LogP) is 1.70. The Hall–Kier alpha value is -2.02. The maximum absolute atomic E-state index is 10.7. The fourth-order valence-corrected chi connectivity index (χ4v) is 1.35. The Morgan fingerprint density at radius 2 is 2.27 bits per heavy atom. The van der Waals surface area contributed by atoms with Gasteiger partial charge in [-0.1, -0.05) is 12.1 Å². The maximum Gasteiger partial charge on any atom is 0.325 e. The Morgan fingerprint density at radius 1 is 1.60 bits per heavy atom. The number of hydrogen-bond acceptors (Lipinski definition) is 3. The molecule has 0 aliphatic rings. The highest BCUT2D eigenvalue weighted by molar-refractivity contribution is 5.79. The van der Waals surface area contributed by atoms with E-state index in [0.717, 1.165) is 5.56 Å². The Bertz CT molecular complexity index is 420. The summed E-state index contributed by atoms with van der Waals surface area (Å²) in [5, 5.41) is 17.5. The Balaban J connectivity index is 3.12. The van der Waals surface area contributed by atoms with Gasteiger partial charge in [0.25, 0.3) is 0 Å². The van der Waals surface area contributed by atoms with Crippen molar-refractivity contribution in [1.29, 1.82) is 5.26 Å². The molecule has 1 rings (SSSR count). The van der Waals surface area contributed by atoms with Crippen molar-refractivity contribution >= 4 is 5.97 Å². The van der Waals surface area contributed by atoms with Gasteiger partial charge in [-0.05, 0) is 24.1 Å². The monoisotopic (exact) mass is 205 g/mol. The summed E-state index contributed by atoms with van der Waals surface area (Å²) in [6.07, 6.45) is 0. The van der Waals surface area contributed by atoms with E-state index in [2.05, 4.69) is 0 Å². The van der Waals surface area contributed by atoms with E-state index in [-0.39, 0.29) is 0 Å². The topological polar surface area (TPSA) is 70.3 Å². The first-order valence-corrected chi connectivity index (χ1v) is 4.37. The van der Waals surface area contributed by atoms with Gasteiger partial charge in [-0.3, -0.25) is 4.79 Å². The molecule has 1 unspecified atom stereocenters. The normalized spacial score (nSPS) is 11.5. The van der Waals surface area contributed by atoms with Gasteiger partial charge in [0.05, 0.1) is 13.2 Å². The average Bonchev–Trinajstić information content (AvgIpc) is 2.18. The Labute approximate surface area is 87.7 Å². The molecule has 0 saturated heterocycles. The molecule has 1 N–H and O–H groups in total. The van der Waals surface area contributed by atoms with Crippen molar-refractivity contribution in [1.82, 2.24) is 0 Å². The molecule has 4 heteroatoms. The van der Waals surface area contributed by atoms with E-state index in [1.807, 2.05) is 0 Å². The molecule has 1 aromatic rings. The summed E-state index contributed by atoms with van der Waals surface area (Å²) < 4.78 is 5.04. The number of hydrogen-bond donors (Lipinski definition) is 1. The molecule has 0 bridgehead atoms. The molecule has 0 aromatic heterocycles. The van der Waals surface area contributed by atoms with Crippen LogP contribution in [0.1, 0.15) is 17.0 Å². The number of ether oxygens (including phenoxy) is 1. The van der Waals surface area contributed by atoms with Gasteiger partial charge in [-0.2, -0.15) is 5.26 Å².